The summed E-state index contributed by atoms with van der Waals surface area (Å²) in [7, 11) is 0. The minimum atomic E-state index is 0. The molecular weight excluding hydrogens is 262 g/mol. The Balaban J connectivity index is 0.00000133. The van der Waals surface area contributed by atoms with Gasteiger partial charge in [0.25, 0.3) is 0 Å². The SMILES string of the molecule is Cl.O=C(Nc1cccc2[nH]ccc12)C1CCNCC1. The number of H-pyrrole nitrogens is 1. The number of piperidine rings is 1. The number of hydrogen-bond donors (Lipinski definition) is 3. The standard InChI is InChI=1S/C14H17N3O.ClH/c18-14(10-4-7-15-8-5-10)17-13-3-1-2-12-11(13)6-9-16-12;/h1-3,6,9-10,15-16H,4-5,7-8H2,(H,17,18);1H. The van der Waals surface area contributed by atoms with Crippen LogP contribution in [-0.4, -0.2) is 24.0 Å². The van der Waals surface area contributed by atoms with E-state index in [4.69, 9.17) is 0 Å². The molecule has 2 heterocycles. The lowest BCUT2D eigenvalue weighted by Gasteiger charge is -2.21. The van der Waals surface area contributed by atoms with Crippen LogP contribution in [0.3, 0.4) is 0 Å². The highest BCUT2D eigenvalue weighted by molar-refractivity contribution is 6.02. The third-order valence-electron chi connectivity index (χ3n) is 3.56. The number of benzene rings is 1. The van der Waals surface area contributed by atoms with Gasteiger partial charge < -0.3 is 15.6 Å². The minimum Gasteiger partial charge on any atom is -0.361 e. The monoisotopic (exact) mass is 279 g/mol. The first-order chi connectivity index (χ1) is 8.84. The molecule has 0 radical (unpaired) electrons. The van der Waals surface area contributed by atoms with Crippen LogP contribution < -0.4 is 10.6 Å². The van der Waals surface area contributed by atoms with Gasteiger partial charge in [-0.2, -0.15) is 0 Å². The van der Waals surface area contributed by atoms with Gasteiger partial charge in [0.2, 0.25) is 5.91 Å². The molecule has 0 bridgehead atoms. The van der Waals surface area contributed by atoms with E-state index in [0.29, 0.717) is 0 Å². The molecule has 2 aromatic rings. The van der Waals surface area contributed by atoms with Crippen LogP contribution in [0, 0.1) is 5.92 Å². The van der Waals surface area contributed by atoms with Crippen LogP contribution in [0.1, 0.15) is 12.8 Å². The van der Waals surface area contributed by atoms with Crippen molar-refractivity contribution in [1.29, 1.82) is 0 Å². The Bertz CT molecular complexity index is 561. The fourth-order valence-corrected chi connectivity index (χ4v) is 2.51. The summed E-state index contributed by atoms with van der Waals surface area (Å²) in [6.07, 6.45) is 3.74. The van der Waals surface area contributed by atoms with Gasteiger partial charge in [0.15, 0.2) is 0 Å². The van der Waals surface area contributed by atoms with Crippen molar-refractivity contribution in [2.24, 2.45) is 5.92 Å². The Labute approximate surface area is 118 Å². The number of fused-ring (bicyclic) bond motifs is 1. The van der Waals surface area contributed by atoms with E-state index < -0.39 is 0 Å². The van der Waals surface area contributed by atoms with E-state index in [-0.39, 0.29) is 24.2 Å². The third-order valence-corrected chi connectivity index (χ3v) is 3.56. The average molecular weight is 280 g/mol. The van der Waals surface area contributed by atoms with Gasteiger partial charge in [-0.3, -0.25) is 4.79 Å². The first-order valence-corrected chi connectivity index (χ1v) is 6.42. The molecule has 1 amide bonds. The Morgan fingerprint density at radius 3 is 2.79 bits per heavy atom. The summed E-state index contributed by atoms with van der Waals surface area (Å²) in [5.74, 6) is 0.283. The Hall–Kier alpha value is -1.52. The van der Waals surface area contributed by atoms with Crippen molar-refractivity contribution < 1.29 is 4.79 Å². The second-order valence-corrected chi connectivity index (χ2v) is 4.76. The number of halogens is 1. The van der Waals surface area contributed by atoms with Crippen LogP contribution in [0.25, 0.3) is 10.9 Å². The van der Waals surface area contributed by atoms with Gasteiger partial charge in [0.1, 0.15) is 0 Å². The second kappa shape index (κ2) is 6.08. The van der Waals surface area contributed by atoms with E-state index in [0.717, 1.165) is 42.5 Å². The van der Waals surface area contributed by atoms with E-state index in [9.17, 15) is 4.79 Å². The third kappa shape index (κ3) is 2.91. The molecule has 0 unspecified atom stereocenters. The number of hydrogen-bond acceptors (Lipinski definition) is 2. The highest BCUT2D eigenvalue weighted by Gasteiger charge is 2.21. The highest BCUT2D eigenvalue weighted by Crippen LogP contribution is 2.23. The molecule has 1 fully saturated rings. The number of carbonyl (C=O) groups excluding carboxylic acids is 1. The van der Waals surface area contributed by atoms with Crippen molar-refractivity contribution in [3.63, 3.8) is 0 Å². The summed E-state index contributed by atoms with van der Waals surface area (Å²) in [5.41, 5.74) is 1.95. The summed E-state index contributed by atoms with van der Waals surface area (Å²) in [4.78, 5) is 15.3. The zero-order chi connectivity index (χ0) is 12.4. The number of aromatic amines is 1. The maximum Gasteiger partial charge on any atom is 0.227 e. The summed E-state index contributed by atoms with van der Waals surface area (Å²) in [6, 6.07) is 7.91. The van der Waals surface area contributed by atoms with Crippen LogP contribution in [0.2, 0.25) is 0 Å². The summed E-state index contributed by atoms with van der Waals surface area (Å²) in [5, 5.41) is 7.40. The van der Waals surface area contributed by atoms with Crippen LogP contribution in [0.4, 0.5) is 5.69 Å². The van der Waals surface area contributed by atoms with Crippen molar-refractivity contribution in [3.8, 4) is 0 Å². The van der Waals surface area contributed by atoms with E-state index in [1.54, 1.807) is 0 Å². The topological polar surface area (TPSA) is 56.9 Å². The lowest BCUT2D eigenvalue weighted by atomic mass is 9.97. The molecule has 1 aromatic heterocycles. The Morgan fingerprint density at radius 2 is 2.00 bits per heavy atom. The minimum absolute atomic E-state index is 0. The van der Waals surface area contributed by atoms with Crippen molar-refractivity contribution >= 4 is 34.9 Å². The lowest BCUT2D eigenvalue weighted by Crippen LogP contribution is -2.34. The number of rotatable bonds is 2. The molecule has 0 aliphatic carbocycles. The van der Waals surface area contributed by atoms with Gasteiger partial charge in [-0.25, -0.2) is 0 Å². The van der Waals surface area contributed by atoms with E-state index >= 15 is 0 Å². The molecule has 1 aliphatic rings. The molecular formula is C14H18ClN3O. The molecule has 1 saturated heterocycles. The Kier molecular flexibility index (Phi) is 4.45. The molecule has 3 N–H and O–H groups in total. The highest BCUT2D eigenvalue weighted by atomic mass is 35.5. The Morgan fingerprint density at radius 1 is 1.21 bits per heavy atom. The lowest BCUT2D eigenvalue weighted by molar-refractivity contribution is -0.120. The second-order valence-electron chi connectivity index (χ2n) is 4.76. The molecule has 0 saturated carbocycles. The molecule has 5 heteroatoms. The maximum absolute atomic E-state index is 12.2. The van der Waals surface area contributed by atoms with Crippen LogP contribution in [0.15, 0.2) is 30.5 Å². The zero-order valence-corrected chi connectivity index (χ0v) is 11.4. The van der Waals surface area contributed by atoms with Crippen molar-refractivity contribution in [1.82, 2.24) is 10.3 Å². The maximum atomic E-state index is 12.2. The average Bonchev–Trinajstić information content (AvgIpc) is 2.89. The molecule has 1 aromatic carbocycles. The van der Waals surface area contributed by atoms with Gasteiger partial charge in [-0.15, -0.1) is 12.4 Å². The van der Waals surface area contributed by atoms with E-state index in [2.05, 4.69) is 15.6 Å². The fourth-order valence-electron chi connectivity index (χ4n) is 2.51. The summed E-state index contributed by atoms with van der Waals surface area (Å²) >= 11 is 0. The van der Waals surface area contributed by atoms with Gasteiger partial charge in [-0.05, 0) is 44.1 Å². The quantitative estimate of drug-likeness (QED) is 0.791. The normalized spacial score (nSPS) is 16.0. The van der Waals surface area contributed by atoms with Gasteiger partial charge >= 0.3 is 0 Å². The molecule has 0 atom stereocenters. The molecule has 1 aliphatic heterocycles. The number of aromatic nitrogens is 1. The van der Waals surface area contributed by atoms with Crippen molar-refractivity contribution in [2.75, 3.05) is 18.4 Å². The number of nitrogens with one attached hydrogen (secondary N) is 3. The first kappa shape index (κ1) is 13.9. The fraction of sp³-hybridized carbons (Fsp3) is 0.357. The molecule has 19 heavy (non-hydrogen) atoms. The molecule has 0 spiro atoms. The van der Waals surface area contributed by atoms with E-state index in [1.807, 2.05) is 30.5 Å². The predicted molar refractivity (Wildman–Crippen MR) is 79.8 cm³/mol. The van der Waals surface area contributed by atoms with Gasteiger partial charge in [0, 0.05) is 23.0 Å². The smallest absolute Gasteiger partial charge is 0.227 e. The molecule has 3 rings (SSSR count). The van der Waals surface area contributed by atoms with E-state index in [1.165, 1.54) is 0 Å². The number of anilines is 1. The first-order valence-electron chi connectivity index (χ1n) is 6.42. The van der Waals surface area contributed by atoms with Crippen molar-refractivity contribution in [2.45, 2.75) is 12.8 Å². The molecule has 102 valence electrons. The predicted octanol–water partition coefficient (Wildman–Crippen LogP) is 2.53. The van der Waals surface area contributed by atoms with Crippen molar-refractivity contribution in [3.05, 3.63) is 30.5 Å². The van der Waals surface area contributed by atoms with Crippen LogP contribution >= 0.6 is 12.4 Å². The number of amides is 1. The summed E-state index contributed by atoms with van der Waals surface area (Å²) in [6.45, 7) is 1.87. The van der Waals surface area contributed by atoms with Gasteiger partial charge in [-0.1, -0.05) is 6.07 Å². The largest absolute Gasteiger partial charge is 0.361 e. The number of carbonyl (C=O) groups is 1. The zero-order valence-electron chi connectivity index (χ0n) is 10.6. The van der Waals surface area contributed by atoms with Crippen LogP contribution in [0.5, 0.6) is 0 Å². The molecule has 4 nitrogen and oxygen atoms in total. The van der Waals surface area contributed by atoms with Gasteiger partial charge in [0.05, 0.1) is 5.69 Å². The van der Waals surface area contributed by atoms with Crippen LogP contribution in [-0.2, 0) is 4.79 Å². The summed E-state index contributed by atoms with van der Waals surface area (Å²) < 4.78 is 0.